The van der Waals surface area contributed by atoms with Crippen LogP contribution in [-0.4, -0.2) is 21.1 Å². The summed E-state index contributed by atoms with van der Waals surface area (Å²) in [5.41, 5.74) is 0. The van der Waals surface area contributed by atoms with Crippen LogP contribution in [0.25, 0.3) is 0 Å². The smallest absolute Gasteiger partial charge is 0.342 e. The van der Waals surface area contributed by atoms with Crippen molar-refractivity contribution in [2.45, 2.75) is 13.5 Å². The Labute approximate surface area is 117 Å². The molecular weight excluding hydrogens is 258 g/mol. The van der Waals surface area contributed by atoms with Crippen LogP contribution in [-0.2, 0) is 11.3 Å². The first kappa shape index (κ1) is 15.4. The van der Waals surface area contributed by atoms with E-state index in [0.717, 1.165) is 0 Å². The van der Waals surface area contributed by atoms with E-state index in [4.69, 9.17) is 4.74 Å². The zero-order chi connectivity index (χ0) is 15.0. The van der Waals surface area contributed by atoms with Crippen LogP contribution >= 0.6 is 0 Å². The molecule has 0 aliphatic carbocycles. The van der Waals surface area contributed by atoms with Gasteiger partial charge in [0.05, 0.1) is 0 Å². The fourth-order valence-electron chi connectivity index (χ4n) is 1.56. The fraction of sp³-hybridized carbons (Fsp3) is 0.214. The number of aryl methyl sites for hydroxylation is 1. The Kier molecular flexibility index (Phi) is 5.96. The molecule has 0 aliphatic heterocycles. The van der Waals surface area contributed by atoms with Gasteiger partial charge in [0, 0.05) is 6.92 Å². The average Bonchev–Trinajstić information content (AvgIpc) is 2.78. The molecule has 0 saturated heterocycles. The summed E-state index contributed by atoms with van der Waals surface area (Å²) in [4.78, 5) is 14.3. The molecule has 0 spiro atoms. The van der Waals surface area contributed by atoms with Gasteiger partial charge < -0.3 is 14.9 Å². The van der Waals surface area contributed by atoms with Crippen molar-refractivity contribution in [3.63, 3.8) is 0 Å². The van der Waals surface area contributed by atoms with Gasteiger partial charge in [0.2, 0.25) is 0 Å². The number of ether oxygens (including phenoxy) is 1. The summed E-state index contributed by atoms with van der Waals surface area (Å²) in [6.07, 6.45) is 9.66. The van der Waals surface area contributed by atoms with Gasteiger partial charge in [0.15, 0.2) is 5.82 Å². The van der Waals surface area contributed by atoms with Crippen molar-refractivity contribution in [2.24, 2.45) is 0 Å². The lowest BCUT2D eigenvalue weighted by molar-refractivity contribution is -0.392. The molecule has 1 heterocycles. The molecule has 0 N–H and O–H groups in total. The number of hydrogen-bond acceptors (Lipinski definition) is 4. The molecule has 1 aromatic rings. The molecule has 0 aromatic carbocycles. The zero-order valence-corrected chi connectivity index (χ0v) is 11.4. The van der Waals surface area contributed by atoms with Gasteiger partial charge in [0.25, 0.3) is 0 Å². The molecule has 0 bridgehead atoms. The lowest BCUT2D eigenvalue weighted by atomic mass is 10.4. The van der Waals surface area contributed by atoms with Crippen LogP contribution in [0.4, 0.5) is 5.82 Å². The summed E-state index contributed by atoms with van der Waals surface area (Å²) >= 11 is 0. The molecule has 1 rings (SSSR count). The highest BCUT2D eigenvalue weighted by Crippen LogP contribution is 2.13. The van der Waals surface area contributed by atoms with E-state index < -0.39 is 4.92 Å². The van der Waals surface area contributed by atoms with Crippen molar-refractivity contribution < 1.29 is 9.66 Å². The summed E-state index contributed by atoms with van der Waals surface area (Å²) < 4.78 is 7.03. The van der Waals surface area contributed by atoms with E-state index in [-0.39, 0.29) is 5.82 Å². The normalized spacial score (nSPS) is 11.6. The minimum Gasteiger partial charge on any atom is -0.489 e. The minimum absolute atomic E-state index is 0.0398. The molecule has 6 heteroatoms. The Hall–Kier alpha value is -2.63. The number of rotatable bonds is 8. The highest BCUT2D eigenvalue weighted by Gasteiger charge is 2.16. The van der Waals surface area contributed by atoms with E-state index >= 15 is 0 Å². The van der Waals surface area contributed by atoms with Crippen LogP contribution in [0.3, 0.4) is 0 Å². The molecule has 0 atom stereocenters. The van der Waals surface area contributed by atoms with Gasteiger partial charge in [-0.2, -0.15) is 0 Å². The summed E-state index contributed by atoms with van der Waals surface area (Å²) in [5.74, 6) is 1.15. The monoisotopic (exact) mass is 275 g/mol. The molecule has 1 aromatic heterocycles. The van der Waals surface area contributed by atoms with Crippen LogP contribution in [0.2, 0.25) is 0 Å². The lowest BCUT2D eigenvalue weighted by Crippen LogP contribution is -2.09. The van der Waals surface area contributed by atoms with Crippen molar-refractivity contribution in [2.75, 3.05) is 6.61 Å². The largest absolute Gasteiger partial charge is 0.489 e. The first-order valence-corrected chi connectivity index (χ1v) is 6.01. The summed E-state index contributed by atoms with van der Waals surface area (Å²) in [6, 6.07) is 0. The average molecular weight is 275 g/mol. The number of nitrogens with zero attached hydrogens (tertiary/aromatic N) is 3. The lowest BCUT2D eigenvalue weighted by Gasteiger charge is -2.06. The maximum atomic E-state index is 10.8. The molecule has 20 heavy (non-hydrogen) atoms. The Morgan fingerprint density at radius 3 is 2.90 bits per heavy atom. The van der Waals surface area contributed by atoms with Gasteiger partial charge in [-0.25, -0.2) is 9.55 Å². The Morgan fingerprint density at radius 2 is 2.30 bits per heavy atom. The van der Waals surface area contributed by atoms with Gasteiger partial charge in [-0.15, -0.1) is 0 Å². The number of hydrogen-bond donors (Lipinski definition) is 0. The second-order valence-electron chi connectivity index (χ2n) is 3.82. The van der Waals surface area contributed by atoms with E-state index in [2.05, 4.69) is 18.1 Å². The van der Waals surface area contributed by atoms with Gasteiger partial charge in [-0.05, 0) is 17.1 Å². The molecular formula is C14H17N3O3. The predicted octanol–water partition coefficient (Wildman–Crippen LogP) is 2.93. The van der Waals surface area contributed by atoms with Crippen molar-refractivity contribution in [3.8, 4) is 0 Å². The van der Waals surface area contributed by atoms with Gasteiger partial charge >= 0.3 is 5.82 Å². The van der Waals surface area contributed by atoms with Crippen molar-refractivity contribution >= 4 is 5.82 Å². The standard InChI is InChI=1S/C14H17N3O3/c1-4-6-8-13(7-5-2)20-10-9-16-12(3)15-11-14(16)17(18)19/h4-8,11H,1-2,9-10H2,3H3/b8-6-,13-7+. The van der Waals surface area contributed by atoms with Crippen molar-refractivity contribution in [1.82, 2.24) is 9.55 Å². The maximum absolute atomic E-state index is 10.8. The first-order valence-electron chi connectivity index (χ1n) is 6.01. The van der Waals surface area contributed by atoms with Gasteiger partial charge in [0.1, 0.15) is 25.1 Å². The molecule has 0 amide bonds. The molecule has 106 valence electrons. The summed E-state index contributed by atoms with van der Waals surface area (Å²) in [7, 11) is 0. The first-order chi connectivity index (χ1) is 9.60. The topological polar surface area (TPSA) is 70.2 Å². The number of allylic oxidation sites excluding steroid dienone is 5. The van der Waals surface area contributed by atoms with Gasteiger partial charge in [-0.1, -0.05) is 31.4 Å². The Balaban J connectivity index is 2.68. The number of imidazole rings is 1. The minimum atomic E-state index is -0.460. The Morgan fingerprint density at radius 1 is 1.55 bits per heavy atom. The van der Waals surface area contributed by atoms with E-state index in [9.17, 15) is 10.1 Å². The molecule has 0 saturated carbocycles. The quantitative estimate of drug-likeness (QED) is 0.316. The van der Waals surface area contributed by atoms with Crippen LogP contribution in [0.1, 0.15) is 5.82 Å². The van der Waals surface area contributed by atoms with E-state index in [1.807, 2.05) is 0 Å². The van der Waals surface area contributed by atoms with Gasteiger partial charge in [-0.3, -0.25) is 0 Å². The molecule has 0 radical (unpaired) electrons. The number of nitro groups is 1. The van der Waals surface area contributed by atoms with E-state index in [1.165, 1.54) is 10.8 Å². The molecule has 6 nitrogen and oxygen atoms in total. The third kappa shape index (κ3) is 4.24. The fourth-order valence-corrected chi connectivity index (χ4v) is 1.56. The molecule has 0 fully saturated rings. The molecule has 0 unspecified atom stereocenters. The Bertz CT molecular complexity index is 556. The third-order valence-electron chi connectivity index (χ3n) is 2.48. The number of aromatic nitrogens is 2. The van der Waals surface area contributed by atoms with Crippen molar-refractivity contribution in [3.05, 3.63) is 71.4 Å². The second kappa shape index (κ2) is 7.73. The van der Waals surface area contributed by atoms with Crippen LogP contribution in [0.5, 0.6) is 0 Å². The highest BCUT2D eigenvalue weighted by atomic mass is 16.6. The SMILES string of the molecule is C=C/C=C\C(=C/C=C)OCCn1c([N+](=O)[O-])cnc1C. The highest BCUT2D eigenvalue weighted by molar-refractivity contribution is 5.20. The van der Waals surface area contributed by atoms with Crippen LogP contribution < -0.4 is 0 Å². The second-order valence-corrected chi connectivity index (χ2v) is 3.82. The molecule has 0 aliphatic rings. The third-order valence-corrected chi connectivity index (χ3v) is 2.48. The van der Waals surface area contributed by atoms with E-state index in [0.29, 0.717) is 24.7 Å². The van der Waals surface area contributed by atoms with Crippen LogP contribution in [0, 0.1) is 17.0 Å². The summed E-state index contributed by atoms with van der Waals surface area (Å²) in [5, 5.41) is 10.8. The zero-order valence-electron chi connectivity index (χ0n) is 11.4. The predicted molar refractivity (Wildman–Crippen MR) is 77.2 cm³/mol. The maximum Gasteiger partial charge on any atom is 0.342 e. The van der Waals surface area contributed by atoms with Crippen molar-refractivity contribution in [1.29, 1.82) is 0 Å². The summed E-state index contributed by atoms with van der Waals surface area (Å²) in [6.45, 7) is 9.52. The van der Waals surface area contributed by atoms with E-state index in [1.54, 1.807) is 37.3 Å². The van der Waals surface area contributed by atoms with Crippen LogP contribution in [0.15, 0.2) is 55.5 Å².